The molecule has 0 aromatic heterocycles. The van der Waals surface area contributed by atoms with Crippen LogP contribution in [0.25, 0.3) is 0 Å². The van der Waals surface area contributed by atoms with Gasteiger partial charge in [0.25, 0.3) is 10.1 Å². The van der Waals surface area contributed by atoms with E-state index in [0.717, 1.165) is 19.1 Å². The van der Waals surface area contributed by atoms with E-state index in [4.69, 9.17) is 8.92 Å². The highest BCUT2D eigenvalue weighted by Crippen LogP contribution is 2.31. The second-order valence-electron chi connectivity index (χ2n) is 8.70. The average molecular weight is 406 g/mol. The molecule has 0 N–H and O–H groups in total. The highest BCUT2D eigenvalue weighted by atomic mass is 32.2. The van der Waals surface area contributed by atoms with Crippen molar-refractivity contribution in [3.05, 3.63) is 0 Å². The maximum atomic E-state index is 12.5. The van der Waals surface area contributed by atoms with E-state index in [9.17, 15) is 18.0 Å². The van der Waals surface area contributed by atoms with E-state index in [2.05, 4.69) is 0 Å². The SMILES string of the molecule is CC(=O)[N+]1(C2CCN(C(=O)OC(C)(C)C)CC2)CCC(OS(C)(=O)=O)CC1. The van der Waals surface area contributed by atoms with Gasteiger partial charge >= 0.3 is 12.0 Å². The van der Waals surface area contributed by atoms with E-state index in [1.54, 1.807) is 11.8 Å². The maximum absolute atomic E-state index is 12.5. The highest BCUT2D eigenvalue weighted by molar-refractivity contribution is 7.86. The molecule has 0 radical (unpaired) electrons. The molecule has 0 aromatic carbocycles. The summed E-state index contributed by atoms with van der Waals surface area (Å²) in [5, 5.41) is 0. The molecule has 0 saturated carbocycles. The van der Waals surface area contributed by atoms with E-state index >= 15 is 0 Å². The number of quaternary nitrogens is 1. The first-order valence-corrected chi connectivity index (χ1v) is 11.4. The summed E-state index contributed by atoms with van der Waals surface area (Å²) < 4.78 is 33.6. The van der Waals surface area contributed by atoms with Gasteiger partial charge < -0.3 is 9.64 Å². The lowest BCUT2D eigenvalue weighted by Gasteiger charge is -2.48. The third-order valence-electron chi connectivity index (χ3n) is 5.45. The number of amides is 2. The van der Waals surface area contributed by atoms with Crippen LogP contribution in [-0.4, -0.2) is 80.0 Å². The minimum Gasteiger partial charge on any atom is -0.444 e. The van der Waals surface area contributed by atoms with Crippen LogP contribution < -0.4 is 0 Å². The van der Waals surface area contributed by atoms with E-state index in [1.165, 1.54) is 0 Å². The predicted octanol–water partition coefficient (Wildman–Crippen LogP) is 1.89. The standard InChI is InChI=1S/C18H33N2O6S/c1-14(21)20(12-8-16(9-13-20)26-27(5,23)24)15-6-10-19(11-7-15)17(22)25-18(2,3)4/h15-16H,6-13H2,1-5H3/q+1. The van der Waals surface area contributed by atoms with Crippen molar-refractivity contribution in [3.63, 3.8) is 0 Å². The Bertz CT molecular complexity index is 654. The van der Waals surface area contributed by atoms with Crippen LogP contribution in [-0.2, 0) is 23.8 Å². The summed E-state index contributed by atoms with van der Waals surface area (Å²) >= 11 is 0. The molecular formula is C18H33N2O6S+. The zero-order valence-corrected chi connectivity index (χ0v) is 17.9. The predicted molar refractivity (Wildman–Crippen MR) is 100 cm³/mol. The quantitative estimate of drug-likeness (QED) is 0.526. The zero-order chi connectivity index (χ0) is 20.5. The Balaban J connectivity index is 1.98. The van der Waals surface area contributed by atoms with Crippen molar-refractivity contribution in [2.75, 3.05) is 32.4 Å². The number of nitrogens with zero attached hydrogens (tertiary/aromatic N) is 2. The number of ether oxygens (including phenoxy) is 1. The Morgan fingerprint density at radius 2 is 1.56 bits per heavy atom. The first-order valence-electron chi connectivity index (χ1n) is 9.56. The van der Waals surface area contributed by atoms with Crippen LogP contribution in [0.15, 0.2) is 0 Å². The van der Waals surface area contributed by atoms with Crippen molar-refractivity contribution >= 4 is 22.1 Å². The summed E-state index contributed by atoms with van der Waals surface area (Å²) in [6.07, 6.45) is 2.94. The van der Waals surface area contributed by atoms with Crippen molar-refractivity contribution in [1.29, 1.82) is 0 Å². The van der Waals surface area contributed by atoms with Crippen LogP contribution in [0.3, 0.4) is 0 Å². The third-order valence-corrected chi connectivity index (χ3v) is 6.08. The van der Waals surface area contributed by atoms with Crippen LogP contribution in [0.1, 0.15) is 53.4 Å². The number of hydrogen-bond donors (Lipinski definition) is 0. The number of piperidine rings is 2. The molecule has 2 saturated heterocycles. The molecule has 2 fully saturated rings. The second-order valence-corrected chi connectivity index (χ2v) is 10.3. The summed E-state index contributed by atoms with van der Waals surface area (Å²) in [5.41, 5.74) is -0.525. The molecule has 2 amide bonds. The fraction of sp³-hybridized carbons (Fsp3) is 0.889. The van der Waals surface area contributed by atoms with Crippen molar-refractivity contribution in [2.45, 2.75) is 71.1 Å². The lowest BCUT2D eigenvalue weighted by Crippen LogP contribution is -2.65. The molecule has 0 aliphatic carbocycles. The summed E-state index contributed by atoms with van der Waals surface area (Å²) in [5.74, 6) is 0.100. The fourth-order valence-corrected chi connectivity index (χ4v) is 4.84. The first kappa shape index (κ1) is 22.1. The molecule has 0 atom stereocenters. The van der Waals surface area contributed by atoms with Crippen LogP contribution in [0, 0.1) is 0 Å². The summed E-state index contributed by atoms with van der Waals surface area (Å²) in [6, 6.07) is 0.139. The van der Waals surface area contributed by atoms with Crippen LogP contribution in [0.2, 0.25) is 0 Å². The van der Waals surface area contributed by atoms with Gasteiger partial charge in [-0.25, -0.2) is 9.59 Å². The Labute approximate surface area is 162 Å². The van der Waals surface area contributed by atoms with Crippen LogP contribution in [0.4, 0.5) is 4.79 Å². The Kier molecular flexibility index (Phi) is 6.59. The zero-order valence-electron chi connectivity index (χ0n) is 17.1. The lowest BCUT2D eigenvalue weighted by atomic mass is 9.94. The van der Waals surface area contributed by atoms with Gasteiger partial charge in [0.05, 0.1) is 38.4 Å². The molecular weight excluding hydrogens is 372 g/mol. The number of rotatable bonds is 3. The third kappa shape index (κ3) is 5.89. The molecule has 2 aliphatic rings. The van der Waals surface area contributed by atoms with Crippen LogP contribution >= 0.6 is 0 Å². The van der Waals surface area contributed by atoms with Gasteiger partial charge in [0.1, 0.15) is 5.60 Å². The molecule has 9 heteroatoms. The van der Waals surface area contributed by atoms with E-state index < -0.39 is 15.7 Å². The summed E-state index contributed by atoms with van der Waals surface area (Å²) in [7, 11) is -3.49. The van der Waals surface area contributed by atoms with E-state index in [0.29, 0.717) is 43.5 Å². The van der Waals surface area contributed by atoms with E-state index in [1.807, 2.05) is 20.8 Å². The smallest absolute Gasteiger partial charge is 0.410 e. The maximum Gasteiger partial charge on any atom is 0.410 e. The molecule has 2 rings (SSSR count). The minimum atomic E-state index is -3.49. The molecule has 0 bridgehead atoms. The van der Waals surface area contributed by atoms with Crippen molar-refractivity contribution < 1.29 is 31.4 Å². The molecule has 8 nitrogen and oxygen atoms in total. The summed E-state index contributed by atoms with van der Waals surface area (Å²) in [6.45, 7) is 9.42. The van der Waals surface area contributed by atoms with Gasteiger partial charge in [0, 0.05) is 38.8 Å². The van der Waals surface area contributed by atoms with Gasteiger partial charge in [-0.05, 0) is 20.8 Å². The number of likely N-dealkylation sites (tertiary alicyclic amines) is 2. The molecule has 2 aliphatic heterocycles. The van der Waals surface area contributed by atoms with Crippen molar-refractivity contribution in [1.82, 2.24) is 4.90 Å². The minimum absolute atomic E-state index is 0.100. The van der Waals surface area contributed by atoms with Gasteiger partial charge in [-0.2, -0.15) is 8.42 Å². The molecule has 156 valence electrons. The molecule has 27 heavy (non-hydrogen) atoms. The Hall–Kier alpha value is -1.19. The number of carbonyl (C=O) groups excluding carboxylic acids is 2. The van der Waals surface area contributed by atoms with Gasteiger partial charge in [-0.3, -0.25) is 8.67 Å². The monoisotopic (exact) mass is 405 g/mol. The van der Waals surface area contributed by atoms with Gasteiger partial charge in [0.15, 0.2) is 0 Å². The summed E-state index contributed by atoms with van der Waals surface area (Å²) in [4.78, 5) is 26.5. The number of hydrogen-bond acceptors (Lipinski definition) is 6. The van der Waals surface area contributed by atoms with Crippen molar-refractivity contribution in [2.24, 2.45) is 0 Å². The molecule has 0 spiro atoms. The van der Waals surface area contributed by atoms with Gasteiger partial charge in [-0.15, -0.1) is 0 Å². The molecule has 0 unspecified atom stereocenters. The normalized spacial score (nSPS) is 28.0. The molecule has 2 heterocycles. The van der Waals surface area contributed by atoms with E-state index in [-0.39, 0.29) is 24.1 Å². The number of carbonyl (C=O) groups is 2. The van der Waals surface area contributed by atoms with Crippen LogP contribution in [0.5, 0.6) is 0 Å². The first-order chi connectivity index (χ1) is 12.3. The second kappa shape index (κ2) is 8.05. The average Bonchev–Trinajstić information content (AvgIpc) is 2.52. The largest absolute Gasteiger partial charge is 0.444 e. The van der Waals surface area contributed by atoms with Crippen molar-refractivity contribution in [3.8, 4) is 0 Å². The Morgan fingerprint density at radius 3 is 1.96 bits per heavy atom. The topological polar surface area (TPSA) is 90.0 Å². The highest BCUT2D eigenvalue weighted by Gasteiger charge is 2.47. The lowest BCUT2D eigenvalue weighted by molar-refractivity contribution is -0.886. The van der Waals surface area contributed by atoms with Gasteiger partial charge in [-0.1, -0.05) is 0 Å². The fourth-order valence-electron chi connectivity index (χ4n) is 4.15. The van der Waals surface area contributed by atoms with Gasteiger partial charge in [0.2, 0.25) is 0 Å². The molecule has 0 aromatic rings. The Morgan fingerprint density at radius 1 is 1.04 bits per heavy atom.